The molecule has 0 heterocycles. The van der Waals surface area contributed by atoms with Crippen LogP contribution in [0.3, 0.4) is 0 Å². The Morgan fingerprint density at radius 2 is 1.75 bits per heavy atom. The van der Waals surface area contributed by atoms with Crippen molar-refractivity contribution in [3.8, 4) is 0 Å². The zero-order chi connectivity index (χ0) is 14.6. The molecule has 0 aromatic carbocycles. The Labute approximate surface area is 121 Å². The van der Waals surface area contributed by atoms with Gasteiger partial charge in [0.15, 0.2) is 0 Å². The van der Waals surface area contributed by atoms with Gasteiger partial charge in [-0.25, -0.2) is 13.1 Å². The van der Waals surface area contributed by atoms with Gasteiger partial charge >= 0.3 is 0 Å². The van der Waals surface area contributed by atoms with Crippen molar-refractivity contribution < 1.29 is 13.2 Å². The minimum atomic E-state index is -3.50. The van der Waals surface area contributed by atoms with E-state index in [0.717, 1.165) is 38.5 Å². The van der Waals surface area contributed by atoms with Crippen molar-refractivity contribution in [1.29, 1.82) is 0 Å². The predicted octanol–water partition coefficient (Wildman–Crippen LogP) is 1.40. The number of nitrogens with one attached hydrogen (secondary N) is 2. The molecular formula is C14H26N2O3S. The zero-order valence-corrected chi connectivity index (χ0v) is 13.0. The van der Waals surface area contributed by atoms with Crippen LogP contribution in [0.2, 0.25) is 0 Å². The van der Waals surface area contributed by atoms with Crippen molar-refractivity contribution in [3.63, 3.8) is 0 Å². The molecule has 2 rings (SSSR count). The number of hydrogen-bond acceptors (Lipinski definition) is 3. The zero-order valence-electron chi connectivity index (χ0n) is 12.2. The highest BCUT2D eigenvalue weighted by Gasteiger charge is 2.25. The van der Waals surface area contributed by atoms with Crippen LogP contribution in [-0.4, -0.2) is 32.7 Å². The van der Waals surface area contributed by atoms with E-state index in [-0.39, 0.29) is 11.9 Å². The molecule has 0 aromatic rings. The number of rotatable bonds is 6. The fourth-order valence-corrected chi connectivity index (χ4v) is 4.13. The van der Waals surface area contributed by atoms with Crippen LogP contribution in [0.1, 0.15) is 51.9 Å². The van der Waals surface area contributed by atoms with Gasteiger partial charge in [0.05, 0.1) is 0 Å². The van der Waals surface area contributed by atoms with E-state index in [1.54, 1.807) is 0 Å². The molecule has 0 saturated heterocycles. The summed E-state index contributed by atoms with van der Waals surface area (Å²) in [5.74, 6) is 0.413. The van der Waals surface area contributed by atoms with Gasteiger partial charge in [0.1, 0.15) is 5.75 Å². The van der Waals surface area contributed by atoms with Gasteiger partial charge in [-0.05, 0) is 50.4 Å². The molecule has 2 fully saturated rings. The number of carbonyl (C=O) groups is 1. The Balaban J connectivity index is 1.70. The molecule has 0 aromatic heterocycles. The van der Waals surface area contributed by atoms with Crippen molar-refractivity contribution >= 4 is 15.9 Å². The average molecular weight is 302 g/mol. The van der Waals surface area contributed by atoms with Crippen LogP contribution in [0, 0.1) is 11.8 Å². The molecule has 2 saturated carbocycles. The minimum absolute atomic E-state index is 0.00984. The Hall–Kier alpha value is -0.620. The number of carbonyl (C=O) groups excluding carboxylic acids is 1. The fraction of sp³-hybridized carbons (Fsp3) is 0.929. The average Bonchev–Trinajstić information content (AvgIpc) is 2.29. The summed E-state index contributed by atoms with van der Waals surface area (Å²) < 4.78 is 26.6. The van der Waals surface area contributed by atoms with Gasteiger partial charge in [-0.1, -0.05) is 13.3 Å². The van der Waals surface area contributed by atoms with E-state index in [9.17, 15) is 13.2 Å². The molecular weight excluding hydrogens is 276 g/mol. The molecule has 0 spiro atoms. The number of sulfonamides is 1. The van der Waals surface area contributed by atoms with Crippen LogP contribution in [0.15, 0.2) is 0 Å². The Kier molecular flexibility index (Phi) is 5.43. The topological polar surface area (TPSA) is 75.3 Å². The summed E-state index contributed by atoms with van der Waals surface area (Å²) in [6.45, 7) is 2.81. The molecule has 0 unspecified atom stereocenters. The minimum Gasteiger partial charge on any atom is -0.355 e. The second-order valence-electron chi connectivity index (χ2n) is 6.43. The SMILES string of the molecule is CC1CCC(NS(=O)(=O)CC(=O)NCC2CCC2)CC1. The van der Waals surface area contributed by atoms with E-state index in [0.29, 0.717) is 18.4 Å². The van der Waals surface area contributed by atoms with Crippen LogP contribution in [0.25, 0.3) is 0 Å². The van der Waals surface area contributed by atoms with E-state index < -0.39 is 15.8 Å². The third-order valence-corrected chi connectivity index (χ3v) is 5.83. The van der Waals surface area contributed by atoms with Gasteiger partial charge in [0.25, 0.3) is 0 Å². The number of amides is 1. The van der Waals surface area contributed by atoms with E-state index in [1.807, 2.05) is 0 Å². The van der Waals surface area contributed by atoms with E-state index in [2.05, 4.69) is 17.0 Å². The van der Waals surface area contributed by atoms with Crippen LogP contribution in [-0.2, 0) is 14.8 Å². The van der Waals surface area contributed by atoms with Crippen molar-refractivity contribution in [3.05, 3.63) is 0 Å². The predicted molar refractivity (Wildman–Crippen MR) is 78.7 cm³/mol. The lowest BCUT2D eigenvalue weighted by Gasteiger charge is -2.27. The molecule has 0 atom stereocenters. The molecule has 5 nitrogen and oxygen atoms in total. The van der Waals surface area contributed by atoms with Gasteiger partial charge in [-0.3, -0.25) is 4.79 Å². The summed E-state index contributed by atoms with van der Waals surface area (Å²) in [5, 5.41) is 2.73. The van der Waals surface area contributed by atoms with Crippen LogP contribution in [0.4, 0.5) is 0 Å². The molecule has 0 aliphatic heterocycles. The summed E-state index contributed by atoms with van der Waals surface area (Å²) >= 11 is 0. The maximum absolute atomic E-state index is 11.9. The molecule has 2 aliphatic rings. The Bertz CT molecular complexity index is 424. The van der Waals surface area contributed by atoms with Gasteiger partial charge < -0.3 is 5.32 Å². The smallest absolute Gasteiger partial charge is 0.236 e. The second kappa shape index (κ2) is 6.89. The highest BCUT2D eigenvalue weighted by atomic mass is 32.2. The summed E-state index contributed by atoms with van der Waals surface area (Å²) in [6.07, 6.45) is 7.38. The first kappa shape index (κ1) is 15.8. The normalized spacial score (nSPS) is 27.9. The fourth-order valence-electron chi connectivity index (χ4n) is 2.85. The van der Waals surface area contributed by atoms with Crippen molar-refractivity contribution in [2.24, 2.45) is 11.8 Å². The third-order valence-electron chi connectivity index (χ3n) is 4.50. The number of hydrogen-bond donors (Lipinski definition) is 2. The van der Waals surface area contributed by atoms with Gasteiger partial charge in [0.2, 0.25) is 15.9 Å². The van der Waals surface area contributed by atoms with Gasteiger partial charge in [-0.15, -0.1) is 0 Å². The maximum Gasteiger partial charge on any atom is 0.236 e. The Morgan fingerprint density at radius 3 is 2.30 bits per heavy atom. The quantitative estimate of drug-likeness (QED) is 0.779. The summed E-state index contributed by atoms with van der Waals surface area (Å²) in [4.78, 5) is 11.7. The van der Waals surface area contributed by atoms with Gasteiger partial charge in [0, 0.05) is 12.6 Å². The monoisotopic (exact) mass is 302 g/mol. The summed E-state index contributed by atoms with van der Waals surface area (Å²) in [7, 11) is -3.50. The van der Waals surface area contributed by atoms with E-state index >= 15 is 0 Å². The van der Waals surface area contributed by atoms with Crippen LogP contribution < -0.4 is 10.0 Å². The maximum atomic E-state index is 11.9. The molecule has 0 radical (unpaired) electrons. The molecule has 20 heavy (non-hydrogen) atoms. The van der Waals surface area contributed by atoms with E-state index in [1.165, 1.54) is 6.42 Å². The second-order valence-corrected chi connectivity index (χ2v) is 8.19. The molecule has 2 N–H and O–H groups in total. The highest BCUT2D eigenvalue weighted by molar-refractivity contribution is 7.90. The molecule has 2 aliphatic carbocycles. The largest absolute Gasteiger partial charge is 0.355 e. The van der Waals surface area contributed by atoms with Gasteiger partial charge in [-0.2, -0.15) is 0 Å². The summed E-state index contributed by atoms with van der Waals surface area (Å²) in [6, 6.07) is 0.00984. The molecule has 1 amide bonds. The first-order chi connectivity index (χ1) is 9.44. The first-order valence-electron chi connectivity index (χ1n) is 7.71. The highest BCUT2D eigenvalue weighted by Crippen LogP contribution is 2.25. The first-order valence-corrected chi connectivity index (χ1v) is 9.36. The third kappa shape index (κ3) is 5.05. The molecule has 116 valence electrons. The summed E-state index contributed by atoms with van der Waals surface area (Å²) in [5.41, 5.74) is 0. The molecule has 6 heteroatoms. The lowest BCUT2D eigenvalue weighted by atomic mass is 9.85. The lowest BCUT2D eigenvalue weighted by Crippen LogP contribution is -2.43. The van der Waals surface area contributed by atoms with E-state index in [4.69, 9.17) is 0 Å². The Morgan fingerprint density at radius 1 is 1.10 bits per heavy atom. The molecule has 0 bridgehead atoms. The van der Waals surface area contributed by atoms with Crippen LogP contribution in [0.5, 0.6) is 0 Å². The van der Waals surface area contributed by atoms with Crippen molar-refractivity contribution in [1.82, 2.24) is 10.0 Å². The van der Waals surface area contributed by atoms with Crippen molar-refractivity contribution in [2.45, 2.75) is 57.9 Å². The van der Waals surface area contributed by atoms with Crippen LogP contribution >= 0.6 is 0 Å². The lowest BCUT2D eigenvalue weighted by molar-refractivity contribution is -0.118. The van der Waals surface area contributed by atoms with Crippen molar-refractivity contribution in [2.75, 3.05) is 12.3 Å². The standard InChI is InChI=1S/C14H26N2O3S/c1-11-5-7-13(8-6-11)16-20(18,19)10-14(17)15-9-12-3-2-4-12/h11-13,16H,2-10H2,1H3,(H,15,17).